The Labute approximate surface area is 183 Å². The number of nitrogens with one attached hydrogen (secondary N) is 2. The van der Waals surface area contributed by atoms with Crippen LogP contribution in [0.2, 0.25) is 0 Å². The Morgan fingerprint density at radius 1 is 1.14 bits per heavy atom. The van der Waals surface area contributed by atoms with E-state index >= 15 is 0 Å². The number of guanidine groups is 1. The summed E-state index contributed by atoms with van der Waals surface area (Å²) in [4.78, 5) is 22.9. The van der Waals surface area contributed by atoms with Crippen LogP contribution >= 0.6 is 24.0 Å². The standard InChI is InChI=1S/C21H27N5O.HI/c1-2-22-21(25-15-19-10-5-6-12-23-19)24-14-17-8-3-4-9-18(17)16-26-13-7-11-20(26)27;/h3-6,8-10,12H,2,7,11,13-16H2,1H3,(H2,22,24,25);1H. The Bertz CT molecular complexity index is 781. The van der Waals surface area contributed by atoms with E-state index in [2.05, 4.69) is 27.8 Å². The predicted molar refractivity (Wildman–Crippen MR) is 122 cm³/mol. The van der Waals surface area contributed by atoms with E-state index in [1.807, 2.05) is 42.2 Å². The number of pyridine rings is 1. The first-order chi connectivity index (χ1) is 13.3. The van der Waals surface area contributed by atoms with Crippen molar-refractivity contribution < 1.29 is 4.79 Å². The first kappa shape index (κ1) is 22.1. The molecular weight excluding hydrogens is 465 g/mol. The van der Waals surface area contributed by atoms with Gasteiger partial charge in [0.15, 0.2) is 5.96 Å². The fraction of sp³-hybridized carbons (Fsp3) is 0.381. The maximum Gasteiger partial charge on any atom is 0.222 e. The normalized spacial score (nSPS) is 14.0. The van der Waals surface area contributed by atoms with Gasteiger partial charge in [0.25, 0.3) is 0 Å². The summed E-state index contributed by atoms with van der Waals surface area (Å²) in [5.74, 6) is 1.01. The van der Waals surface area contributed by atoms with Crippen molar-refractivity contribution in [3.05, 3.63) is 65.5 Å². The van der Waals surface area contributed by atoms with Gasteiger partial charge in [0, 0.05) is 32.3 Å². The summed E-state index contributed by atoms with van der Waals surface area (Å²) < 4.78 is 0. The smallest absolute Gasteiger partial charge is 0.222 e. The molecule has 150 valence electrons. The van der Waals surface area contributed by atoms with Crippen molar-refractivity contribution in [3.63, 3.8) is 0 Å². The molecular formula is C21H28IN5O. The van der Waals surface area contributed by atoms with E-state index in [-0.39, 0.29) is 29.9 Å². The molecule has 0 unspecified atom stereocenters. The number of aromatic nitrogens is 1. The van der Waals surface area contributed by atoms with Gasteiger partial charge in [-0.25, -0.2) is 4.99 Å². The molecule has 6 nitrogen and oxygen atoms in total. The van der Waals surface area contributed by atoms with Crippen molar-refractivity contribution in [2.45, 2.75) is 39.4 Å². The van der Waals surface area contributed by atoms with E-state index in [4.69, 9.17) is 4.99 Å². The third-order valence-electron chi connectivity index (χ3n) is 4.57. The monoisotopic (exact) mass is 493 g/mol. The minimum atomic E-state index is 0. The number of amides is 1. The molecule has 1 fully saturated rings. The number of halogens is 1. The molecule has 0 saturated carbocycles. The van der Waals surface area contributed by atoms with Crippen molar-refractivity contribution in [1.29, 1.82) is 0 Å². The zero-order chi connectivity index (χ0) is 18.9. The average Bonchev–Trinajstić information content (AvgIpc) is 3.10. The molecule has 0 atom stereocenters. The van der Waals surface area contributed by atoms with Gasteiger partial charge in [0.05, 0.1) is 18.8 Å². The lowest BCUT2D eigenvalue weighted by molar-refractivity contribution is -0.128. The second-order valence-electron chi connectivity index (χ2n) is 6.56. The number of rotatable bonds is 7. The Balaban J connectivity index is 0.00000280. The fourth-order valence-electron chi connectivity index (χ4n) is 3.13. The molecule has 1 saturated heterocycles. The van der Waals surface area contributed by atoms with Crippen LogP contribution in [0.15, 0.2) is 53.7 Å². The van der Waals surface area contributed by atoms with Gasteiger partial charge in [0.1, 0.15) is 0 Å². The van der Waals surface area contributed by atoms with Gasteiger partial charge < -0.3 is 15.5 Å². The molecule has 2 heterocycles. The maximum absolute atomic E-state index is 11.9. The number of carbonyl (C=O) groups excluding carboxylic acids is 1. The van der Waals surface area contributed by atoms with E-state index < -0.39 is 0 Å². The Hall–Kier alpha value is -2.16. The first-order valence-electron chi connectivity index (χ1n) is 9.53. The first-order valence-corrected chi connectivity index (χ1v) is 9.53. The van der Waals surface area contributed by atoms with Gasteiger partial charge in [-0.1, -0.05) is 30.3 Å². The van der Waals surface area contributed by atoms with Gasteiger partial charge >= 0.3 is 0 Å². The predicted octanol–water partition coefficient (Wildman–Crippen LogP) is 3.08. The molecule has 1 aromatic carbocycles. The van der Waals surface area contributed by atoms with Crippen molar-refractivity contribution in [2.75, 3.05) is 13.1 Å². The van der Waals surface area contributed by atoms with Crippen LogP contribution in [0.1, 0.15) is 36.6 Å². The van der Waals surface area contributed by atoms with Crippen LogP contribution in [-0.2, 0) is 24.4 Å². The average molecular weight is 493 g/mol. The van der Waals surface area contributed by atoms with Gasteiger partial charge in [-0.2, -0.15) is 0 Å². The van der Waals surface area contributed by atoms with E-state index in [0.29, 0.717) is 26.1 Å². The van der Waals surface area contributed by atoms with Gasteiger partial charge in [-0.15, -0.1) is 24.0 Å². The number of benzene rings is 1. The summed E-state index contributed by atoms with van der Waals surface area (Å²) in [6.45, 7) is 5.54. The van der Waals surface area contributed by atoms with Crippen molar-refractivity contribution in [1.82, 2.24) is 20.5 Å². The summed E-state index contributed by atoms with van der Waals surface area (Å²) >= 11 is 0. The van der Waals surface area contributed by atoms with Gasteiger partial charge in [-0.3, -0.25) is 9.78 Å². The zero-order valence-electron chi connectivity index (χ0n) is 16.2. The quantitative estimate of drug-likeness (QED) is 0.354. The Morgan fingerprint density at radius 2 is 1.93 bits per heavy atom. The maximum atomic E-state index is 11.9. The van der Waals surface area contributed by atoms with Crippen molar-refractivity contribution in [2.24, 2.45) is 4.99 Å². The largest absolute Gasteiger partial charge is 0.357 e. The molecule has 1 aliphatic heterocycles. The molecule has 2 N–H and O–H groups in total. The van der Waals surface area contributed by atoms with Crippen LogP contribution in [0, 0.1) is 0 Å². The summed E-state index contributed by atoms with van der Waals surface area (Å²) in [6.07, 6.45) is 3.42. The number of nitrogens with zero attached hydrogens (tertiary/aromatic N) is 3. The lowest BCUT2D eigenvalue weighted by Crippen LogP contribution is -2.37. The van der Waals surface area contributed by atoms with Crippen LogP contribution in [0.25, 0.3) is 0 Å². The fourth-order valence-corrected chi connectivity index (χ4v) is 3.13. The second kappa shape index (κ2) is 11.6. The van der Waals surface area contributed by atoms with E-state index in [1.54, 1.807) is 6.20 Å². The molecule has 0 bridgehead atoms. The lowest BCUT2D eigenvalue weighted by atomic mass is 10.1. The van der Waals surface area contributed by atoms with Crippen molar-refractivity contribution >= 4 is 35.8 Å². The number of carbonyl (C=O) groups is 1. The molecule has 7 heteroatoms. The van der Waals surface area contributed by atoms with Crippen molar-refractivity contribution in [3.8, 4) is 0 Å². The van der Waals surface area contributed by atoms with Crippen LogP contribution in [-0.4, -0.2) is 34.8 Å². The Kier molecular flexibility index (Phi) is 9.19. The molecule has 1 aliphatic rings. The number of hydrogen-bond donors (Lipinski definition) is 2. The highest BCUT2D eigenvalue weighted by Gasteiger charge is 2.20. The summed E-state index contributed by atoms with van der Waals surface area (Å²) in [7, 11) is 0. The van der Waals surface area contributed by atoms with Crippen LogP contribution in [0.4, 0.5) is 0 Å². The topological polar surface area (TPSA) is 69.6 Å². The lowest BCUT2D eigenvalue weighted by Gasteiger charge is -2.18. The SMILES string of the molecule is CCNC(=NCc1ccccc1CN1CCCC1=O)NCc1ccccn1.I. The number of hydrogen-bond acceptors (Lipinski definition) is 3. The molecule has 1 amide bonds. The molecule has 28 heavy (non-hydrogen) atoms. The highest BCUT2D eigenvalue weighted by molar-refractivity contribution is 14.0. The molecule has 0 radical (unpaired) electrons. The summed E-state index contributed by atoms with van der Waals surface area (Å²) in [6, 6.07) is 14.1. The minimum Gasteiger partial charge on any atom is -0.357 e. The molecule has 0 spiro atoms. The van der Waals surface area contributed by atoms with Crippen LogP contribution < -0.4 is 10.6 Å². The van der Waals surface area contributed by atoms with Crippen LogP contribution in [0.3, 0.4) is 0 Å². The molecule has 0 aliphatic carbocycles. The van der Waals surface area contributed by atoms with E-state index in [9.17, 15) is 4.79 Å². The molecule has 2 aromatic rings. The highest BCUT2D eigenvalue weighted by atomic mass is 127. The Morgan fingerprint density at radius 3 is 2.61 bits per heavy atom. The van der Waals surface area contributed by atoms with E-state index in [0.717, 1.165) is 42.3 Å². The third-order valence-corrected chi connectivity index (χ3v) is 4.57. The molecule has 1 aromatic heterocycles. The zero-order valence-corrected chi connectivity index (χ0v) is 18.6. The van der Waals surface area contributed by atoms with E-state index in [1.165, 1.54) is 0 Å². The van der Waals surface area contributed by atoms with Gasteiger partial charge in [-0.05, 0) is 36.6 Å². The highest BCUT2D eigenvalue weighted by Crippen LogP contribution is 2.17. The summed E-state index contributed by atoms with van der Waals surface area (Å²) in [5.41, 5.74) is 3.28. The number of aliphatic imine (C=N–C) groups is 1. The second-order valence-corrected chi connectivity index (χ2v) is 6.56. The van der Waals surface area contributed by atoms with Gasteiger partial charge in [0.2, 0.25) is 5.91 Å². The van der Waals surface area contributed by atoms with Crippen LogP contribution in [0.5, 0.6) is 0 Å². The summed E-state index contributed by atoms with van der Waals surface area (Å²) in [5, 5.41) is 6.59. The third kappa shape index (κ3) is 6.47. The molecule has 3 rings (SSSR count). The minimum absolute atomic E-state index is 0. The number of likely N-dealkylation sites (tertiary alicyclic amines) is 1.